The molecule has 7 heteroatoms. The van der Waals surface area contributed by atoms with E-state index in [0.717, 1.165) is 0 Å². The molecule has 104 valence electrons. The zero-order valence-corrected chi connectivity index (χ0v) is 12.4. The van der Waals surface area contributed by atoms with Crippen LogP contribution in [0.15, 0.2) is 6.07 Å². The molecule has 0 aromatic carbocycles. The number of sulfone groups is 1. The smallest absolute Gasteiger partial charge is 0.152 e. The highest BCUT2D eigenvalue weighted by molar-refractivity contribution is 7.91. The Balaban J connectivity index is 2.97. The lowest BCUT2D eigenvalue weighted by molar-refractivity contribution is 0.588. The standard InChI is InChI=1S/C12H18N4O2S/c1-5-19(17,18)8-9(2)16(4)12-6-11(7-13)14-10(3)15-12/h6,9H,5,8H2,1-4H3/t9-/m0/s1. The third-order valence-electron chi connectivity index (χ3n) is 2.90. The summed E-state index contributed by atoms with van der Waals surface area (Å²) in [5, 5.41) is 8.88. The van der Waals surface area contributed by atoms with Crippen molar-refractivity contribution in [1.82, 2.24) is 9.97 Å². The third kappa shape index (κ3) is 4.17. The van der Waals surface area contributed by atoms with E-state index >= 15 is 0 Å². The predicted molar refractivity (Wildman–Crippen MR) is 73.7 cm³/mol. The molecule has 0 amide bonds. The molecule has 1 heterocycles. The number of nitriles is 1. The first-order valence-corrected chi connectivity index (χ1v) is 7.80. The maximum atomic E-state index is 11.6. The van der Waals surface area contributed by atoms with Crippen LogP contribution in [0.5, 0.6) is 0 Å². The van der Waals surface area contributed by atoms with E-state index < -0.39 is 9.84 Å². The van der Waals surface area contributed by atoms with Gasteiger partial charge in [0.15, 0.2) is 9.84 Å². The predicted octanol–water partition coefficient (Wildman–Crippen LogP) is 0.916. The Bertz CT molecular complexity index is 592. The van der Waals surface area contributed by atoms with Gasteiger partial charge in [-0.2, -0.15) is 5.26 Å². The summed E-state index contributed by atoms with van der Waals surface area (Å²) in [7, 11) is -1.28. The van der Waals surface area contributed by atoms with Crippen molar-refractivity contribution in [3.8, 4) is 6.07 Å². The van der Waals surface area contributed by atoms with Crippen LogP contribution in [0.1, 0.15) is 25.4 Å². The van der Waals surface area contributed by atoms with Crippen LogP contribution in [-0.2, 0) is 9.84 Å². The summed E-state index contributed by atoms with van der Waals surface area (Å²) in [5.41, 5.74) is 0.278. The van der Waals surface area contributed by atoms with E-state index in [9.17, 15) is 8.42 Å². The van der Waals surface area contributed by atoms with Crippen molar-refractivity contribution in [2.24, 2.45) is 0 Å². The van der Waals surface area contributed by atoms with Crippen LogP contribution in [0.25, 0.3) is 0 Å². The number of aromatic nitrogens is 2. The van der Waals surface area contributed by atoms with E-state index in [1.165, 1.54) is 0 Å². The van der Waals surface area contributed by atoms with E-state index in [2.05, 4.69) is 9.97 Å². The molecule has 1 rings (SSSR count). The average molecular weight is 282 g/mol. The summed E-state index contributed by atoms with van der Waals surface area (Å²) in [5.74, 6) is 1.23. The van der Waals surface area contributed by atoms with Crippen LogP contribution in [0, 0.1) is 18.3 Å². The van der Waals surface area contributed by atoms with Gasteiger partial charge in [-0.05, 0) is 13.8 Å². The Kier molecular flexibility index (Phi) is 4.84. The summed E-state index contributed by atoms with van der Waals surface area (Å²) in [4.78, 5) is 9.95. The summed E-state index contributed by atoms with van der Waals surface area (Å²) < 4.78 is 23.2. The molecule has 1 aromatic heterocycles. The van der Waals surface area contributed by atoms with Gasteiger partial charge >= 0.3 is 0 Å². The first-order valence-electron chi connectivity index (χ1n) is 5.98. The maximum absolute atomic E-state index is 11.6. The Hall–Kier alpha value is -1.68. The highest BCUT2D eigenvalue weighted by Gasteiger charge is 2.19. The fraction of sp³-hybridized carbons (Fsp3) is 0.583. The van der Waals surface area contributed by atoms with Gasteiger partial charge in [0.05, 0.1) is 5.75 Å². The zero-order chi connectivity index (χ0) is 14.6. The zero-order valence-electron chi connectivity index (χ0n) is 11.6. The van der Waals surface area contributed by atoms with Gasteiger partial charge in [-0.25, -0.2) is 18.4 Å². The lowest BCUT2D eigenvalue weighted by atomic mass is 10.3. The minimum atomic E-state index is -3.05. The number of nitrogens with zero attached hydrogens (tertiary/aromatic N) is 4. The lowest BCUT2D eigenvalue weighted by Crippen LogP contribution is -2.36. The highest BCUT2D eigenvalue weighted by atomic mass is 32.2. The Morgan fingerprint density at radius 2 is 2.11 bits per heavy atom. The van der Waals surface area contributed by atoms with E-state index in [-0.39, 0.29) is 23.2 Å². The molecule has 1 atom stereocenters. The molecule has 0 aliphatic rings. The van der Waals surface area contributed by atoms with Gasteiger partial charge in [0, 0.05) is 24.9 Å². The molecule has 1 aromatic rings. The molecule has 0 N–H and O–H groups in total. The van der Waals surface area contributed by atoms with Crippen molar-refractivity contribution in [3.63, 3.8) is 0 Å². The number of aryl methyl sites for hydroxylation is 1. The van der Waals surface area contributed by atoms with Gasteiger partial charge in [-0.1, -0.05) is 6.92 Å². The minimum absolute atomic E-state index is 0.0605. The van der Waals surface area contributed by atoms with E-state index in [1.807, 2.05) is 13.0 Å². The van der Waals surface area contributed by atoms with Crippen molar-refractivity contribution in [3.05, 3.63) is 17.6 Å². The third-order valence-corrected chi connectivity index (χ3v) is 4.77. The molecule has 6 nitrogen and oxygen atoms in total. The van der Waals surface area contributed by atoms with Gasteiger partial charge in [0.2, 0.25) is 0 Å². The first-order chi connectivity index (χ1) is 8.79. The van der Waals surface area contributed by atoms with Crippen molar-refractivity contribution in [2.45, 2.75) is 26.8 Å². The van der Waals surface area contributed by atoms with E-state index in [1.54, 1.807) is 31.9 Å². The van der Waals surface area contributed by atoms with Gasteiger partial charge in [0.1, 0.15) is 23.4 Å². The topological polar surface area (TPSA) is 87.0 Å². The largest absolute Gasteiger partial charge is 0.356 e. The molecular formula is C12H18N4O2S. The molecule has 0 spiro atoms. The second kappa shape index (κ2) is 5.97. The van der Waals surface area contributed by atoms with Crippen molar-refractivity contribution >= 4 is 15.7 Å². The van der Waals surface area contributed by atoms with Gasteiger partial charge in [-0.15, -0.1) is 0 Å². The molecule has 0 radical (unpaired) electrons. The van der Waals surface area contributed by atoms with Crippen LogP contribution >= 0.6 is 0 Å². The average Bonchev–Trinajstić information content (AvgIpc) is 2.36. The van der Waals surface area contributed by atoms with Crippen molar-refractivity contribution in [2.75, 3.05) is 23.5 Å². The number of hydrogen-bond donors (Lipinski definition) is 0. The number of anilines is 1. The summed E-state index contributed by atoms with van der Waals surface area (Å²) in [6.45, 7) is 5.15. The molecule has 0 aliphatic carbocycles. The first kappa shape index (κ1) is 15.4. The van der Waals surface area contributed by atoms with Crippen LogP contribution in [-0.4, -0.2) is 43.0 Å². The van der Waals surface area contributed by atoms with Gasteiger partial charge < -0.3 is 4.90 Å². The van der Waals surface area contributed by atoms with Gasteiger partial charge in [0.25, 0.3) is 0 Å². The second-order valence-corrected chi connectivity index (χ2v) is 6.83. The molecule has 0 aliphatic heterocycles. The Labute approximate surface area is 114 Å². The van der Waals surface area contributed by atoms with Crippen LogP contribution in [0.4, 0.5) is 5.82 Å². The second-order valence-electron chi connectivity index (χ2n) is 4.43. The summed E-state index contributed by atoms with van der Waals surface area (Å²) >= 11 is 0. The summed E-state index contributed by atoms with van der Waals surface area (Å²) in [6, 6.07) is 3.31. The van der Waals surface area contributed by atoms with E-state index in [4.69, 9.17) is 5.26 Å². The van der Waals surface area contributed by atoms with Crippen LogP contribution in [0.3, 0.4) is 0 Å². The Morgan fingerprint density at radius 3 is 2.63 bits per heavy atom. The molecule has 0 saturated carbocycles. The molecule has 0 bridgehead atoms. The lowest BCUT2D eigenvalue weighted by Gasteiger charge is -2.25. The van der Waals surface area contributed by atoms with Crippen molar-refractivity contribution < 1.29 is 8.42 Å². The van der Waals surface area contributed by atoms with Crippen LogP contribution < -0.4 is 4.90 Å². The van der Waals surface area contributed by atoms with Crippen LogP contribution in [0.2, 0.25) is 0 Å². The minimum Gasteiger partial charge on any atom is -0.356 e. The van der Waals surface area contributed by atoms with Gasteiger partial charge in [-0.3, -0.25) is 0 Å². The fourth-order valence-electron chi connectivity index (χ4n) is 1.61. The van der Waals surface area contributed by atoms with E-state index in [0.29, 0.717) is 11.6 Å². The number of hydrogen-bond acceptors (Lipinski definition) is 6. The highest BCUT2D eigenvalue weighted by Crippen LogP contribution is 2.14. The quantitative estimate of drug-likeness (QED) is 0.798. The number of rotatable bonds is 5. The molecule has 0 fully saturated rings. The van der Waals surface area contributed by atoms with Crippen molar-refractivity contribution in [1.29, 1.82) is 5.26 Å². The summed E-state index contributed by atoms with van der Waals surface area (Å²) in [6.07, 6.45) is 0. The maximum Gasteiger partial charge on any atom is 0.152 e. The fourth-order valence-corrected chi connectivity index (χ4v) is 2.81. The molecular weight excluding hydrogens is 264 g/mol. The normalized spacial score (nSPS) is 12.8. The molecule has 0 saturated heterocycles. The monoisotopic (exact) mass is 282 g/mol. The Morgan fingerprint density at radius 1 is 1.47 bits per heavy atom. The molecule has 19 heavy (non-hydrogen) atoms. The molecule has 0 unspecified atom stereocenters. The SMILES string of the molecule is CCS(=O)(=O)C[C@H](C)N(C)c1cc(C#N)nc(C)n1.